The zero-order valence-corrected chi connectivity index (χ0v) is 11.0. The second-order valence-corrected chi connectivity index (χ2v) is 6.21. The van der Waals surface area contributed by atoms with E-state index < -0.39 is 0 Å². The van der Waals surface area contributed by atoms with Crippen LogP contribution in [0.1, 0.15) is 24.0 Å². The van der Waals surface area contributed by atoms with E-state index in [0.29, 0.717) is 0 Å². The lowest BCUT2D eigenvalue weighted by Gasteiger charge is -2.08. The molecule has 17 heavy (non-hydrogen) atoms. The largest absolute Gasteiger partial charge is 0.361 e. The minimum atomic E-state index is 0.760. The molecule has 1 aliphatic carbocycles. The maximum absolute atomic E-state index is 4.58. The molecule has 1 aromatic carbocycles. The van der Waals surface area contributed by atoms with Crippen LogP contribution in [0.3, 0.4) is 0 Å². The van der Waals surface area contributed by atoms with Crippen molar-refractivity contribution in [2.75, 3.05) is 6.54 Å². The van der Waals surface area contributed by atoms with Crippen LogP contribution in [0, 0.1) is 12.8 Å². The van der Waals surface area contributed by atoms with Gasteiger partial charge in [0.1, 0.15) is 0 Å². The Morgan fingerprint density at radius 1 is 1.29 bits per heavy atom. The molecular formula is C14H18N2S. The van der Waals surface area contributed by atoms with Crippen molar-refractivity contribution >= 4 is 16.9 Å². The molecule has 1 aliphatic heterocycles. The van der Waals surface area contributed by atoms with Crippen molar-refractivity contribution in [1.29, 1.82) is 0 Å². The molecule has 2 nitrogen and oxygen atoms in total. The van der Waals surface area contributed by atoms with Gasteiger partial charge in [0.2, 0.25) is 0 Å². The Morgan fingerprint density at radius 2 is 2.06 bits per heavy atom. The number of hydrogen-bond acceptors (Lipinski definition) is 3. The maximum Gasteiger partial charge on any atom is 0.157 e. The Labute approximate surface area is 107 Å². The summed E-state index contributed by atoms with van der Waals surface area (Å²) >= 11 is 1.94. The fourth-order valence-corrected chi connectivity index (χ4v) is 3.29. The van der Waals surface area contributed by atoms with E-state index >= 15 is 0 Å². The van der Waals surface area contributed by atoms with Crippen molar-refractivity contribution in [2.45, 2.75) is 31.6 Å². The van der Waals surface area contributed by atoms with Crippen molar-refractivity contribution in [3.63, 3.8) is 0 Å². The molecule has 0 radical (unpaired) electrons. The van der Waals surface area contributed by atoms with Gasteiger partial charge in [0.05, 0.1) is 6.54 Å². The number of benzene rings is 1. The molecule has 1 heterocycles. The molecule has 0 amide bonds. The SMILES string of the molecule is Cc1ccc(CNC2=NCC(C3CC3)S2)cc1. The Kier molecular flexibility index (Phi) is 3.10. The van der Waals surface area contributed by atoms with Crippen LogP contribution in [-0.4, -0.2) is 17.0 Å². The number of nitrogens with zero attached hydrogens (tertiary/aromatic N) is 1. The number of amidine groups is 1. The van der Waals surface area contributed by atoms with E-state index in [4.69, 9.17) is 0 Å². The minimum absolute atomic E-state index is 0.760. The zero-order valence-electron chi connectivity index (χ0n) is 10.1. The van der Waals surface area contributed by atoms with Gasteiger partial charge in [-0.05, 0) is 31.2 Å². The predicted molar refractivity (Wildman–Crippen MR) is 74.4 cm³/mol. The Hall–Kier alpha value is -0.960. The average molecular weight is 246 g/mol. The number of aryl methyl sites for hydroxylation is 1. The Bertz CT molecular complexity index is 420. The molecule has 1 unspecified atom stereocenters. The quantitative estimate of drug-likeness (QED) is 0.886. The summed E-state index contributed by atoms with van der Waals surface area (Å²) in [6.45, 7) is 4.03. The van der Waals surface area contributed by atoms with E-state index in [9.17, 15) is 0 Å². The van der Waals surface area contributed by atoms with Gasteiger partial charge in [-0.1, -0.05) is 41.6 Å². The number of aliphatic imine (C=N–C) groups is 1. The van der Waals surface area contributed by atoms with Crippen LogP contribution in [0.25, 0.3) is 0 Å². The van der Waals surface area contributed by atoms with Crippen molar-refractivity contribution in [2.24, 2.45) is 10.9 Å². The molecule has 1 N–H and O–H groups in total. The van der Waals surface area contributed by atoms with Crippen molar-refractivity contribution in [1.82, 2.24) is 5.32 Å². The van der Waals surface area contributed by atoms with E-state index in [1.807, 2.05) is 11.8 Å². The highest BCUT2D eigenvalue weighted by molar-refractivity contribution is 8.14. The summed E-state index contributed by atoms with van der Waals surface area (Å²) in [7, 11) is 0. The number of nitrogens with one attached hydrogen (secondary N) is 1. The molecule has 1 saturated carbocycles. The highest BCUT2D eigenvalue weighted by Gasteiger charge is 2.35. The third-order valence-corrected chi connectivity index (χ3v) is 4.72. The molecular weight excluding hydrogens is 228 g/mol. The van der Waals surface area contributed by atoms with Crippen LogP contribution in [0.5, 0.6) is 0 Å². The van der Waals surface area contributed by atoms with Crippen LogP contribution in [-0.2, 0) is 6.54 Å². The van der Waals surface area contributed by atoms with E-state index in [1.165, 1.54) is 24.0 Å². The van der Waals surface area contributed by atoms with Crippen molar-refractivity contribution < 1.29 is 0 Å². The number of hydrogen-bond donors (Lipinski definition) is 1. The highest BCUT2D eigenvalue weighted by Crippen LogP contribution is 2.41. The van der Waals surface area contributed by atoms with Crippen LogP contribution in [0.2, 0.25) is 0 Å². The van der Waals surface area contributed by atoms with Crippen LogP contribution < -0.4 is 5.32 Å². The number of rotatable bonds is 3. The van der Waals surface area contributed by atoms with Gasteiger partial charge in [-0.3, -0.25) is 4.99 Å². The molecule has 1 aromatic rings. The molecule has 0 aromatic heterocycles. The lowest BCUT2D eigenvalue weighted by atomic mass is 10.1. The smallest absolute Gasteiger partial charge is 0.157 e. The molecule has 0 spiro atoms. The molecule has 3 rings (SSSR count). The van der Waals surface area contributed by atoms with E-state index in [1.54, 1.807) is 0 Å². The number of thioether (sulfide) groups is 1. The first-order valence-corrected chi connectivity index (χ1v) is 7.20. The Balaban J connectivity index is 1.49. The second kappa shape index (κ2) is 4.73. The molecule has 0 saturated heterocycles. The summed E-state index contributed by atoms with van der Waals surface area (Å²) in [6, 6.07) is 8.68. The standard InChI is InChI=1S/C14H18N2S/c1-10-2-4-11(5-3-10)8-15-14-16-9-13(17-14)12-6-7-12/h2-5,12-13H,6-9H2,1H3,(H,15,16). The van der Waals surface area contributed by atoms with Crippen LogP contribution in [0.4, 0.5) is 0 Å². The van der Waals surface area contributed by atoms with Gasteiger partial charge in [-0.25, -0.2) is 0 Å². The average Bonchev–Trinajstić information content (AvgIpc) is 3.09. The van der Waals surface area contributed by atoms with Gasteiger partial charge in [-0.15, -0.1) is 0 Å². The lowest BCUT2D eigenvalue weighted by molar-refractivity contribution is 0.772. The molecule has 1 atom stereocenters. The van der Waals surface area contributed by atoms with Gasteiger partial charge in [0.15, 0.2) is 5.17 Å². The maximum atomic E-state index is 4.58. The van der Waals surface area contributed by atoms with E-state index in [-0.39, 0.29) is 0 Å². The molecule has 2 aliphatic rings. The van der Waals surface area contributed by atoms with Crippen molar-refractivity contribution in [3.8, 4) is 0 Å². The summed E-state index contributed by atoms with van der Waals surface area (Å²) in [4.78, 5) is 4.58. The van der Waals surface area contributed by atoms with Crippen LogP contribution >= 0.6 is 11.8 Å². The highest BCUT2D eigenvalue weighted by atomic mass is 32.2. The summed E-state index contributed by atoms with van der Waals surface area (Å²) in [5, 5.41) is 5.34. The summed E-state index contributed by atoms with van der Waals surface area (Å²) in [5.41, 5.74) is 2.64. The Morgan fingerprint density at radius 3 is 2.76 bits per heavy atom. The first-order chi connectivity index (χ1) is 8.31. The molecule has 0 bridgehead atoms. The zero-order chi connectivity index (χ0) is 11.7. The third-order valence-electron chi connectivity index (χ3n) is 3.39. The van der Waals surface area contributed by atoms with Gasteiger partial charge in [-0.2, -0.15) is 0 Å². The van der Waals surface area contributed by atoms with Gasteiger partial charge < -0.3 is 5.32 Å². The summed E-state index contributed by atoms with van der Waals surface area (Å²) < 4.78 is 0. The van der Waals surface area contributed by atoms with E-state index in [2.05, 4.69) is 41.5 Å². The third kappa shape index (κ3) is 2.83. The van der Waals surface area contributed by atoms with Crippen LogP contribution in [0.15, 0.2) is 29.3 Å². The molecule has 1 fully saturated rings. The van der Waals surface area contributed by atoms with Gasteiger partial charge in [0, 0.05) is 11.8 Å². The normalized spacial score (nSPS) is 23.6. The van der Waals surface area contributed by atoms with E-state index in [0.717, 1.165) is 29.4 Å². The van der Waals surface area contributed by atoms with Gasteiger partial charge in [0.25, 0.3) is 0 Å². The first kappa shape index (κ1) is 11.1. The van der Waals surface area contributed by atoms with Crippen molar-refractivity contribution in [3.05, 3.63) is 35.4 Å². The molecule has 90 valence electrons. The predicted octanol–water partition coefficient (Wildman–Crippen LogP) is 2.97. The summed E-state index contributed by atoms with van der Waals surface area (Å²) in [5.74, 6) is 0.947. The fourth-order valence-electron chi connectivity index (χ4n) is 2.09. The van der Waals surface area contributed by atoms with Gasteiger partial charge >= 0.3 is 0 Å². The minimum Gasteiger partial charge on any atom is -0.361 e. The summed E-state index contributed by atoms with van der Waals surface area (Å²) in [6.07, 6.45) is 2.83. The fraction of sp³-hybridized carbons (Fsp3) is 0.500. The lowest BCUT2D eigenvalue weighted by Crippen LogP contribution is -2.19. The monoisotopic (exact) mass is 246 g/mol. The molecule has 3 heteroatoms. The topological polar surface area (TPSA) is 24.4 Å². The first-order valence-electron chi connectivity index (χ1n) is 6.32. The second-order valence-electron chi connectivity index (χ2n) is 4.98.